The van der Waals surface area contributed by atoms with Crippen LogP contribution in [0.2, 0.25) is 5.02 Å². The number of nitrogens with zero attached hydrogens (tertiary/aromatic N) is 2. The van der Waals surface area contributed by atoms with E-state index < -0.39 is 5.97 Å². The van der Waals surface area contributed by atoms with Gasteiger partial charge in [-0.1, -0.05) is 30.3 Å². The molecular weight excluding hydrogens is 423 g/mol. The Bertz CT molecular complexity index is 1120. The Morgan fingerprint density at radius 3 is 2.70 bits per heavy atom. The number of carbonyl (C=O) groups excluding carboxylic acids is 1. The summed E-state index contributed by atoms with van der Waals surface area (Å²) >= 11 is 7.62. The van der Waals surface area contributed by atoms with Crippen LogP contribution in [-0.4, -0.2) is 16.7 Å². The van der Waals surface area contributed by atoms with E-state index in [1.807, 2.05) is 13.0 Å². The zero-order chi connectivity index (χ0) is 21.3. The maximum atomic E-state index is 13.3. The van der Waals surface area contributed by atoms with Gasteiger partial charge in [0.15, 0.2) is 5.75 Å². The number of aryl methyl sites for hydroxylation is 1. The van der Waals surface area contributed by atoms with Crippen molar-refractivity contribution in [3.63, 3.8) is 0 Å². The van der Waals surface area contributed by atoms with E-state index >= 15 is 0 Å². The largest absolute Gasteiger partial charge is 0.421 e. The third kappa shape index (κ3) is 4.20. The number of hydrogen-bond acceptors (Lipinski definition) is 5. The minimum absolute atomic E-state index is 0.00728. The number of carbonyl (C=O) groups is 1. The fraction of sp³-hybridized carbons (Fsp3) is 0.130. The number of halogens is 2. The standard InChI is InChI=1S/C23H18ClFN2O2S/c1-14-9-17(23(28)29-20-10-18(24)11-26-12-20)5-8-21(14)27-15(2)13-30-22(27)16-3-6-19(25)7-4-16/h3-12,22H,2,13H2,1H3. The quantitative estimate of drug-likeness (QED) is 0.454. The maximum absolute atomic E-state index is 13.3. The second-order valence-electron chi connectivity index (χ2n) is 6.88. The number of pyridine rings is 1. The van der Waals surface area contributed by atoms with Crippen molar-refractivity contribution in [3.8, 4) is 5.75 Å². The number of esters is 1. The molecule has 0 spiro atoms. The minimum Gasteiger partial charge on any atom is -0.421 e. The first-order valence-electron chi connectivity index (χ1n) is 9.20. The van der Waals surface area contributed by atoms with Crippen molar-refractivity contribution >= 4 is 35.0 Å². The highest BCUT2D eigenvalue weighted by Crippen LogP contribution is 2.46. The lowest BCUT2D eigenvalue weighted by atomic mass is 10.1. The summed E-state index contributed by atoms with van der Waals surface area (Å²) in [6.45, 7) is 6.12. The summed E-state index contributed by atoms with van der Waals surface area (Å²) in [5.41, 5.74) is 4.23. The number of anilines is 1. The highest BCUT2D eigenvalue weighted by Gasteiger charge is 2.31. The molecule has 30 heavy (non-hydrogen) atoms. The van der Waals surface area contributed by atoms with Gasteiger partial charge in [-0.05, 0) is 48.4 Å². The zero-order valence-electron chi connectivity index (χ0n) is 16.1. The van der Waals surface area contributed by atoms with Crippen LogP contribution in [0.4, 0.5) is 10.1 Å². The van der Waals surface area contributed by atoms with Crippen molar-refractivity contribution in [2.75, 3.05) is 10.7 Å². The van der Waals surface area contributed by atoms with E-state index in [9.17, 15) is 9.18 Å². The summed E-state index contributed by atoms with van der Waals surface area (Å²) in [6, 6.07) is 13.4. The summed E-state index contributed by atoms with van der Waals surface area (Å²) in [7, 11) is 0. The van der Waals surface area contributed by atoms with Gasteiger partial charge < -0.3 is 9.64 Å². The van der Waals surface area contributed by atoms with E-state index in [0.717, 1.165) is 28.3 Å². The van der Waals surface area contributed by atoms with Crippen molar-refractivity contribution in [1.29, 1.82) is 0 Å². The Labute approximate surface area is 183 Å². The molecule has 4 nitrogen and oxygen atoms in total. The van der Waals surface area contributed by atoms with E-state index in [0.29, 0.717) is 10.6 Å². The molecule has 0 amide bonds. The molecule has 0 saturated carbocycles. The van der Waals surface area contributed by atoms with Gasteiger partial charge in [-0.25, -0.2) is 9.18 Å². The van der Waals surface area contributed by atoms with Gasteiger partial charge in [0.05, 0.1) is 16.8 Å². The minimum atomic E-state index is -0.488. The maximum Gasteiger partial charge on any atom is 0.343 e. The predicted molar refractivity (Wildman–Crippen MR) is 119 cm³/mol. The second-order valence-corrected chi connectivity index (χ2v) is 8.39. The second kappa shape index (κ2) is 8.50. The van der Waals surface area contributed by atoms with Crippen molar-refractivity contribution < 1.29 is 13.9 Å². The Morgan fingerprint density at radius 2 is 2.00 bits per heavy atom. The normalized spacial score (nSPS) is 16.0. The van der Waals surface area contributed by atoms with Crippen molar-refractivity contribution in [1.82, 2.24) is 4.98 Å². The molecule has 1 aromatic heterocycles. The Morgan fingerprint density at radius 1 is 1.23 bits per heavy atom. The molecule has 7 heteroatoms. The Balaban J connectivity index is 1.59. The average molecular weight is 441 g/mol. The van der Waals surface area contributed by atoms with Crippen LogP contribution < -0.4 is 9.64 Å². The van der Waals surface area contributed by atoms with Gasteiger partial charge in [-0.3, -0.25) is 4.98 Å². The van der Waals surface area contributed by atoms with Crippen LogP contribution >= 0.6 is 23.4 Å². The Kier molecular flexibility index (Phi) is 5.79. The van der Waals surface area contributed by atoms with Gasteiger partial charge in [0.25, 0.3) is 0 Å². The van der Waals surface area contributed by atoms with Crippen molar-refractivity contribution in [3.05, 3.63) is 101 Å². The number of aromatic nitrogens is 1. The molecule has 1 fully saturated rings. The molecule has 0 N–H and O–H groups in total. The molecule has 1 saturated heterocycles. The van der Waals surface area contributed by atoms with Crippen molar-refractivity contribution in [2.24, 2.45) is 0 Å². The summed E-state index contributed by atoms with van der Waals surface area (Å²) in [5.74, 6) is 0.307. The fourth-order valence-electron chi connectivity index (χ4n) is 3.32. The van der Waals surface area contributed by atoms with E-state index in [2.05, 4.69) is 16.5 Å². The van der Waals surface area contributed by atoms with Gasteiger partial charge in [0.1, 0.15) is 11.2 Å². The van der Waals surface area contributed by atoms with Crippen LogP contribution in [0.15, 0.2) is 73.2 Å². The lowest BCUT2D eigenvalue weighted by Gasteiger charge is -2.28. The zero-order valence-corrected chi connectivity index (χ0v) is 17.7. The first kappa shape index (κ1) is 20.4. The lowest BCUT2D eigenvalue weighted by molar-refractivity contribution is 0.0734. The van der Waals surface area contributed by atoms with E-state index in [1.54, 1.807) is 36.0 Å². The van der Waals surface area contributed by atoms with Gasteiger partial charge >= 0.3 is 5.97 Å². The molecule has 2 heterocycles. The molecule has 3 aromatic rings. The molecule has 4 rings (SSSR count). The molecule has 0 aliphatic carbocycles. The summed E-state index contributed by atoms with van der Waals surface area (Å²) in [5, 5.41) is 0.385. The van der Waals surface area contributed by atoms with Crippen LogP contribution in [0.1, 0.15) is 26.9 Å². The highest BCUT2D eigenvalue weighted by molar-refractivity contribution is 8.00. The summed E-state index contributed by atoms with van der Waals surface area (Å²) in [6.07, 6.45) is 2.90. The number of ether oxygens (including phenoxy) is 1. The number of benzene rings is 2. The third-order valence-electron chi connectivity index (χ3n) is 4.72. The molecule has 2 aromatic carbocycles. The van der Waals surface area contributed by atoms with Gasteiger partial charge in [-0.2, -0.15) is 0 Å². The van der Waals surface area contributed by atoms with Crippen LogP contribution in [0.3, 0.4) is 0 Å². The smallest absolute Gasteiger partial charge is 0.343 e. The molecule has 152 valence electrons. The molecule has 1 unspecified atom stereocenters. The number of rotatable bonds is 4. The van der Waals surface area contributed by atoms with Crippen LogP contribution in [0, 0.1) is 12.7 Å². The fourth-order valence-corrected chi connectivity index (χ4v) is 4.74. The van der Waals surface area contributed by atoms with Crippen LogP contribution in [-0.2, 0) is 0 Å². The summed E-state index contributed by atoms with van der Waals surface area (Å²) < 4.78 is 18.7. The molecular formula is C23H18ClFN2O2S. The molecule has 1 atom stereocenters. The highest BCUT2D eigenvalue weighted by atomic mass is 35.5. The van der Waals surface area contributed by atoms with E-state index in [4.69, 9.17) is 16.3 Å². The van der Waals surface area contributed by atoms with Crippen molar-refractivity contribution in [2.45, 2.75) is 12.3 Å². The van der Waals surface area contributed by atoms with Gasteiger partial charge in [0.2, 0.25) is 0 Å². The number of thioether (sulfide) groups is 1. The van der Waals surface area contributed by atoms with Gasteiger partial charge in [-0.15, -0.1) is 11.8 Å². The van der Waals surface area contributed by atoms with E-state index in [-0.39, 0.29) is 16.9 Å². The van der Waals surface area contributed by atoms with Crippen LogP contribution in [0.5, 0.6) is 5.75 Å². The predicted octanol–water partition coefficient (Wildman–Crippen LogP) is 6.17. The summed E-state index contributed by atoms with van der Waals surface area (Å²) in [4.78, 5) is 18.6. The molecule has 1 aliphatic rings. The SMILES string of the molecule is C=C1CSC(c2ccc(F)cc2)N1c1ccc(C(=O)Oc2cncc(Cl)c2)cc1C. The molecule has 0 bridgehead atoms. The topological polar surface area (TPSA) is 42.4 Å². The third-order valence-corrected chi connectivity index (χ3v) is 6.23. The van der Waals surface area contributed by atoms with Gasteiger partial charge in [0, 0.05) is 29.4 Å². The van der Waals surface area contributed by atoms with Crippen LogP contribution in [0.25, 0.3) is 0 Å². The first-order chi connectivity index (χ1) is 14.4. The molecule has 1 aliphatic heterocycles. The monoisotopic (exact) mass is 440 g/mol. The lowest BCUT2D eigenvalue weighted by Crippen LogP contribution is -2.21. The van der Waals surface area contributed by atoms with E-state index in [1.165, 1.54) is 30.6 Å². The average Bonchev–Trinajstić information content (AvgIpc) is 3.09. The number of hydrogen-bond donors (Lipinski definition) is 0. The Hall–Kier alpha value is -2.83. The first-order valence-corrected chi connectivity index (χ1v) is 10.6. The molecule has 0 radical (unpaired) electrons.